The average Bonchev–Trinajstić information content (AvgIpc) is 3.27. The second-order valence-corrected chi connectivity index (χ2v) is 6.66. The maximum absolute atomic E-state index is 14.1. The third-order valence-corrected chi connectivity index (χ3v) is 5.22. The fourth-order valence-electron chi connectivity index (χ4n) is 2.73. The maximum atomic E-state index is 14.1. The first-order chi connectivity index (χ1) is 10.7. The number of fused-ring (bicyclic) bond motifs is 1. The van der Waals surface area contributed by atoms with Crippen LogP contribution in [0.15, 0.2) is 18.2 Å². The van der Waals surface area contributed by atoms with Crippen molar-refractivity contribution in [1.29, 1.82) is 0 Å². The Labute approximate surface area is 132 Å². The smallest absolute Gasteiger partial charge is 0.262 e. The highest BCUT2D eigenvalue weighted by atomic mass is 32.1. The van der Waals surface area contributed by atoms with E-state index in [0.29, 0.717) is 28.3 Å². The summed E-state index contributed by atoms with van der Waals surface area (Å²) >= 11 is 1.30. The molecule has 1 aliphatic carbocycles. The third-order valence-electron chi connectivity index (χ3n) is 4.02. The minimum atomic E-state index is -0.322. The summed E-state index contributed by atoms with van der Waals surface area (Å²) in [5.74, 6) is -0.0293. The molecular weight excluding hydrogens is 303 g/mol. The molecule has 6 heteroatoms. The molecule has 1 atom stereocenters. The molecule has 1 amide bonds. The molecule has 0 radical (unpaired) electrons. The number of nitrogens with two attached hydrogens (primary N) is 1. The van der Waals surface area contributed by atoms with Gasteiger partial charge in [-0.3, -0.25) is 4.79 Å². The second-order valence-electron chi connectivity index (χ2n) is 5.61. The molecule has 1 saturated carbocycles. The molecule has 4 nitrogen and oxygen atoms in total. The topological polar surface area (TPSA) is 64.3 Å². The zero-order valence-corrected chi connectivity index (χ0v) is 13.2. The molecule has 22 heavy (non-hydrogen) atoms. The predicted molar refractivity (Wildman–Crippen MR) is 85.5 cm³/mol. The molecule has 2 aromatic rings. The van der Waals surface area contributed by atoms with Crippen LogP contribution in [0.25, 0.3) is 10.1 Å². The zero-order chi connectivity index (χ0) is 15.7. The van der Waals surface area contributed by atoms with Crippen LogP contribution in [0, 0.1) is 11.7 Å². The Morgan fingerprint density at radius 2 is 2.32 bits per heavy atom. The number of carbonyl (C=O) groups is 1. The van der Waals surface area contributed by atoms with Crippen molar-refractivity contribution in [2.24, 2.45) is 11.7 Å². The first-order valence-electron chi connectivity index (χ1n) is 7.35. The van der Waals surface area contributed by atoms with Crippen molar-refractivity contribution in [1.82, 2.24) is 5.32 Å². The number of rotatable bonds is 6. The number of hydrogen-bond acceptors (Lipinski definition) is 4. The summed E-state index contributed by atoms with van der Waals surface area (Å²) in [4.78, 5) is 13.1. The first-order valence-corrected chi connectivity index (χ1v) is 8.17. The van der Waals surface area contributed by atoms with Crippen LogP contribution in [0.5, 0.6) is 0 Å². The lowest BCUT2D eigenvalue weighted by molar-refractivity contribution is 0.0933. The van der Waals surface area contributed by atoms with Crippen LogP contribution >= 0.6 is 11.3 Å². The number of carbonyl (C=O) groups excluding carboxylic acids is 1. The highest BCUT2D eigenvalue weighted by Crippen LogP contribution is 2.35. The summed E-state index contributed by atoms with van der Waals surface area (Å²) in [5.41, 5.74) is 6.36. The maximum Gasteiger partial charge on any atom is 0.262 e. The molecule has 1 heterocycles. The molecule has 1 aliphatic rings. The fourth-order valence-corrected chi connectivity index (χ4v) is 3.86. The Morgan fingerprint density at radius 1 is 1.55 bits per heavy atom. The van der Waals surface area contributed by atoms with Crippen molar-refractivity contribution in [3.63, 3.8) is 0 Å². The van der Waals surface area contributed by atoms with Gasteiger partial charge >= 0.3 is 0 Å². The van der Waals surface area contributed by atoms with Gasteiger partial charge in [0.2, 0.25) is 0 Å². The molecule has 0 bridgehead atoms. The Hall–Kier alpha value is -1.50. The van der Waals surface area contributed by atoms with Gasteiger partial charge in [0.25, 0.3) is 5.91 Å². The van der Waals surface area contributed by atoms with Gasteiger partial charge in [-0.1, -0.05) is 6.07 Å². The molecule has 0 aliphatic heterocycles. The highest BCUT2D eigenvalue weighted by Gasteiger charge is 2.32. The van der Waals surface area contributed by atoms with E-state index in [9.17, 15) is 9.18 Å². The van der Waals surface area contributed by atoms with E-state index in [1.54, 1.807) is 13.2 Å². The van der Waals surface area contributed by atoms with E-state index in [0.717, 1.165) is 17.5 Å². The Balaban J connectivity index is 1.96. The lowest BCUT2D eigenvalue weighted by atomic mass is 10.1. The molecule has 3 rings (SSSR count). The van der Waals surface area contributed by atoms with E-state index in [-0.39, 0.29) is 24.4 Å². The van der Waals surface area contributed by atoms with Gasteiger partial charge < -0.3 is 15.8 Å². The van der Waals surface area contributed by atoms with Crippen molar-refractivity contribution in [2.75, 3.05) is 13.7 Å². The quantitative estimate of drug-likeness (QED) is 0.859. The molecule has 0 saturated heterocycles. The zero-order valence-electron chi connectivity index (χ0n) is 12.4. The summed E-state index contributed by atoms with van der Waals surface area (Å²) in [5, 5.41) is 3.47. The van der Waals surface area contributed by atoms with Gasteiger partial charge in [0.15, 0.2) is 0 Å². The fraction of sp³-hybridized carbons (Fsp3) is 0.438. The number of thiophene rings is 1. The molecule has 1 unspecified atom stereocenters. The van der Waals surface area contributed by atoms with Crippen LogP contribution in [-0.2, 0) is 11.3 Å². The predicted octanol–water partition coefficient (Wildman–Crippen LogP) is 2.65. The van der Waals surface area contributed by atoms with Crippen molar-refractivity contribution in [3.05, 3.63) is 34.5 Å². The standard InChI is InChI=1S/C16H19FN2O2S/c1-21-8-10-14-11(17)3-2-4-13(14)22-15(10)16(20)19-12(7-18)9-5-6-9/h2-4,9,12H,5-8,18H2,1H3,(H,19,20). The van der Waals surface area contributed by atoms with Gasteiger partial charge in [0.1, 0.15) is 5.82 Å². The normalized spacial score (nSPS) is 16.0. The van der Waals surface area contributed by atoms with E-state index in [1.165, 1.54) is 17.4 Å². The number of hydrogen-bond donors (Lipinski definition) is 2. The lowest BCUT2D eigenvalue weighted by Crippen LogP contribution is -2.41. The van der Waals surface area contributed by atoms with Crippen LogP contribution in [0.3, 0.4) is 0 Å². The van der Waals surface area contributed by atoms with Gasteiger partial charge in [0, 0.05) is 35.3 Å². The van der Waals surface area contributed by atoms with E-state index in [1.807, 2.05) is 6.07 Å². The Kier molecular flexibility index (Phi) is 4.42. The number of amides is 1. The second kappa shape index (κ2) is 6.32. The number of benzene rings is 1. The molecule has 1 fully saturated rings. The minimum absolute atomic E-state index is 0.00189. The molecule has 1 aromatic carbocycles. The summed E-state index contributed by atoms with van der Waals surface area (Å²) < 4.78 is 20.0. The van der Waals surface area contributed by atoms with Crippen LogP contribution in [0.1, 0.15) is 28.1 Å². The number of methoxy groups -OCH3 is 1. The van der Waals surface area contributed by atoms with E-state index < -0.39 is 0 Å². The van der Waals surface area contributed by atoms with E-state index in [4.69, 9.17) is 10.5 Å². The highest BCUT2D eigenvalue weighted by molar-refractivity contribution is 7.21. The van der Waals surface area contributed by atoms with E-state index in [2.05, 4.69) is 5.32 Å². The van der Waals surface area contributed by atoms with Gasteiger partial charge in [-0.25, -0.2) is 4.39 Å². The van der Waals surface area contributed by atoms with Crippen LogP contribution in [0.4, 0.5) is 4.39 Å². The van der Waals surface area contributed by atoms with Gasteiger partial charge in [-0.2, -0.15) is 0 Å². The molecule has 0 spiro atoms. The summed E-state index contributed by atoms with van der Waals surface area (Å²) in [6.07, 6.45) is 2.21. The summed E-state index contributed by atoms with van der Waals surface area (Å²) in [6.45, 7) is 0.635. The van der Waals surface area contributed by atoms with Crippen LogP contribution in [-0.4, -0.2) is 25.6 Å². The average molecular weight is 322 g/mol. The molecule has 118 valence electrons. The van der Waals surface area contributed by atoms with Crippen LogP contribution < -0.4 is 11.1 Å². The van der Waals surface area contributed by atoms with Gasteiger partial charge in [0.05, 0.1) is 11.5 Å². The van der Waals surface area contributed by atoms with E-state index >= 15 is 0 Å². The van der Waals surface area contributed by atoms with Crippen molar-refractivity contribution >= 4 is 27.3 Å². The molecular formula is C16H19FN2O2S. The number of ether oxygens (including phenoxy) is 1. The van der Waals surface area contributed by atoms with Crippen molar-refractivity contribution < 1.29 is 13.9 Å². The number of nitrogens with one attached hydrogen (secondary N) is 1. The molecule has 3 N–H and O–H groups in total. The number of halogens is 1. The molecule has 1 aromatic heterocycles. The Morgan fingerprint density at radius 3 is 2.95 bits per heavy atom. The summed E-state index contributed by atoms with van der Waals surface area (Å²) in [6, 6.07) is 4.88. The van der Waals surface area contributed by atoms with Gasteiger partial charge in [-0.15, -0.1) is 11.3 Å². The first kappa shape index (κ1) is 15.4. The monoisotopic (exact) mass is 322 g/mol. The minimum Gasteiger partial charge on any atom is -0.380 e. The largest absolute Gasteiger partial charge is 0.380 e. The lowest BCUT2D eigenvalue weighted by Gasteiger charge is -2.16. The third kappa shape index (κ3) is 2.86. The Bertz CT molecular complexity index is 697. The SMILES string of the molecule is COCc1c(C(=O)NC(CN)C2CC2)sc2cccc(F)c12. The summed E-state index contributed by atoms with van der Waals surface area (Å²) in [7, 11) is 1.54. The van der Waals surface area contributed by atoms with Gasteiger partial charge in [-0.05, 0) is 30.9 Å². The van der Waals surface area contributed by atoms with Crippen molar-refractivity contribution in [2.45, 2.75) is 25.5 Å². The van der Waals surface area contributed by atoms with Crippen LogP contribution in [0.2, 0.25) is 0 Å². The van der Waals surface area contributed by atoms with Crippen molar-refractivity contribution in [3.8, 4) is 0 Å².